The summed E-state index contributed by atoms with van der Waals surface area (Å²) in [5.74, 6) is 0. The minimum atomic E-state index is 0.791. The van der Waals surface area contributed by atoms with E-state index in [9.17, 15) is 0 Å². The SMILES string of the molecule is Cc1[nH]c2ccccc2c1CCNCc1cn(C)nc1-c1cccnc1. The van der Waals surface area contributed by atoms with Crippen LogP contribution in [-0.4, -0.2) is 26.3 Å². The number of hydrogen-bond acceptors (Lipinski definition) is 3. The molecule has 0 aliphatic carbocycles. The van der Waals surface area contributed by atoms with Crippen molar-refractivity contribution in [1.82, 2.24) is 25.1 Å². The first-order chi connectivity index (χ1) is 12.7. The molecular weight excluding hydrogens is 322 g/mol. The van der Waals surface area contributed by atoms with Gasteiger partial charge in [0.25, 0.3) is 0 Å². The molecule has 4 aromatic rings. The summed E-state index contributed by atoms with van der Waals surface area (Å²) in [5, 5.41) is 9.49. The number of H-pyrrole nitrogens is 1. The maximum absolute atomic E-state index is 4.60. The highest BCUT2D eigenvalue weighted by molar-refractivity contribution is 5.84. The van der Waals surface area contributed by atoms with Crippen molar-refractivity contribution in [2.24, 2.45) is 7.05 Å². The molecule has 0 saturated carbocycles. The Morgan fingerprint density at radius 3 is 2.88 bits per heavy atom. The van der Waals surface area contributed by atoms with Crippen LogP contribution in [0.5, 0.6) is 0 Å². The lowest BCUT2D eigenvalue weighted by Crippen LogP contribution is -2.17. The summed E-state index contributed by atoms with van der Waals surface area (Å²) in [6.45, 7) is 3.86. The molecule has 0 unspecified atom stereocenters. The monoisotopic (exact) mass is 345 g/mol. The van der Waals surface area contributed by atoms with Crippen LogP contribution in [0.3, 0.4) is 0 Å². The number of aromatic amines is 1. The van der Waals surface area contributed by atoms with Gasteiger partial charge in [-0.25, -0.2) is 0 Å². The number of hydrogen-bond donors (Lipinski definition) is 2. The Morgan fingerprint density at radius 1 is 1.15 bits per heavy atom. The second kappa shape index (κ2) is 7.14. The average Bonchev–Trinajstić information content (AvgIpc) is 3.19. The fourth-order valence-corrected chi connectivity index (χ4v) is 3.51. The molecule has 0 saturated heterocycles. The fraction of sp³-hybridized carbons (Fsp3) is 0.238. The molecule has 5 heteroatoms. The first kappa shape index (κ1) is 16.5. The predicted octanol–water partition coefficient (Wildman–Crippen LogP) is 3.60. The van der Waals surface area contributed by atoms with Gasteiger partial charge in [0.15, 0.2) is 0 Å². The summed E-state index contributed by atoms with van der Waals surface area (Å²) < 4.78 is 1.86. The summed E-state index contributed by atoms with van der Waals surface area (Å²) in [7, 11) is 1.96. The molecule has 0 amide bonds. The molecule has 5 nitrogen and oxygen atoms in total. The molecule has 0 bridgehead atoms. The standard InChI is InChI=1S/C21H23N5/c1-15-18(19-7-3-4-8-20(19)24-15)9-11-23-13-17-14-26(2)25-21(17)16-6-5-10-22-12-16/h3-8,10,12,14,23-24H,9,11,13H2,1-2H3. The lowest BCUT2D eigenvalue weighted by molar-refractivity contribution is 0.686. The predicted molar refractivity (Wildman–Crippen MR) is 105 cm³/mol. The Kier molecular flexibility index (Phi) is 4.54. The molecule has 2 N–H and O–H groups in total. The largest absolute Gasteiger partial charge is 0.358 e. The van der Waals surface area contributed by atoms with Crippen molar-refractivity contribution in [1.29, 1.82) is 0 Å². The third kappa shape index (κ3) is 3.26. The highest BCUT2D eigenvalue weighted by atomic mass is 15.3. The fourth-order valence-electron chi connectivity index (χ4n) is 3.51. The Bertz CT molecular complexity index is 1010. The van der Waals surface area contributed by atoms with Crippen molar-refractivity contribution >= 4 is 10.9 Å². The van der Waals surface area contributed by atoms with E-state index in [1.807, 2.05) is 30.1 Å². The molecule has 0 spiro atoms. The summed E-state index contributed by atoms with van der Waals surface area (Å²) in [6.07, 6.45) is 6.72. The maximum Gasteiger partial charge on any atom is 0.0983 e. The molecule has 26 heavy (non-hydrogen) atoms. The van der Waals surface area contributed by atoms with Crippen molar-refractivity contribution in [3.05, 3.63) is 71.8 Å². The van der Waals surface area contributed by atoms with Gasteiger partial charge in [-0.2, -0.15) is 5.10 Å². The highest BCUT2D eigenvalue weighted by Gasteiger charge is 2.11. The van der Waals surface area contributed by atoms with E-state index in [1.54, 1.807) is 6.20 Å². The van der Waals surface area contributed by atoms with Gasteiger partial charge in [0.05, 0.1) is 5.69 Å². The summed E-state index contributed by atoms with van der Waals surface area (Å²) in [5.41, 5.74) is 7.10. The van der Waals surface area contributed by atoms with Gasteiger partial charge in [0, 0.05) is 59.9 Å². The Labute approximate surface area is 153 Å². The molecule has 0 radical (unpaired) electrons. The molecule has 4 rings (SSSR count). The van der Waals surface area contributed by atoms with E-state index in [1.165, 1.54) is 27.7 Å². The molecule has 1 aromatic carbocycles. The van der Waals surface area contributed by atoms with Crippen LogP contribution in [0, 0.1) is 6.92 Å². The van der Waals surface area contributed by atoms with E-state index >= 15 is 0 Å². The molecule has 0 aliphatic rings. The van der Waals surface area contributed by atoms with Crippen LogP contribution < -0.4 is 5.32 Å². The first-order valence-corrected chi connectivity index (χ1v) is 8.92. The van der Waals surface area contributed by atoms with E-state index in [4.69, 9.17) is 0 Å². The van der Waals surface area contributed by atoms with E-state index in [2.05, 4.69) is 57.8 Å². The molecule has 0 aliphatic heterocycles. The Morgan fingerprint density at radius 2 is 2.04 bits per heavy atom. The lowest BCUT2D eigenvalue weighted by Gasteiger charge is -2.06. The van der Waals surface area contributed by atoms with Gasteiger partial charge in [-0.15, -0.1) is 0 Å². The first-order valence-electron chi connectivity index (χ1n) is 8.92. The summed E-state index contributed by atoms with van der Waals surface area (Å²) in [4.78, 5) is 7.68. The van der Waals surface area contributed by atoms with Crippen molar-refractivity contribution in [2.45, 2.75) is 19.9 Å². The van der Waals surface area contributed by atoms with Crippen molar-refractivity contribution < 1.29 is 0 Å². The van der Waals surface area contributed by atoms with Crippen molar-refractivity contribution in [2.75, 3.05) is 6.54 Å². The number of fused-ring (bicyclic) bond motifs is 1. The number of rotatable bonds is 6. The number of nitrogens with zero attached hydrogens (tertiary/aromatic N) is 3. The number of aromatic nitrogens is 4. The molecule has 3 aromatic heterocycles. The van der Waals surface area contributed by atoms with Crippen LogP contribution in [0.4, 0.5) is 0 Å². The van der Waals surface area contributed by atoms with E-state index < -0.39 is 0 Å². The minimum absolute atomic E-state index is 0.791. The highest BCUT2D eigenvalue weighted by Crippen LogP contribution is 2.23. The molecule has 132 valence electrons. The normalized spacial score (nSPS) is 11.3. The Hall–Kier alpha value is -2.92. The van der Waals surface area contributed by atoms with Gasteiger partial charge in [0.1, 0.15) is 0 Å². The lowest BCUT2D eigenvalue weighted by atomic mass is 10.1. The van der Waals surface area contributed by atoms with Gasteiger partial charge in [-0.05, 0) is 43.7 Å². The zero-order valence-electron chi connectivity index (χ0n) is 15.2. The quantitative estimate of drug-likeness (QED) is 0.525. The van der Waals surface area contributed by atoms with Gasteiger partial charge < -0.3 is 10.3 Å². The number of para-hydroxylation sites is 1. The molecule has 0 atom stereocenters. The van der Waals surface area contributed by atoms with Crippen molar-refractivity contribution in [3.63, 3.8) is 0 Å². The molecule has 0 fully saturated rings. The van der Waals surface area contributed by atoms with Crippen LogP contribution in [0.15, 0.2) is 55.0 Å². The molecular formula is C21H23N5. The van der Waals surface area contributed by atoms with Crippen LogP contribution in [0.2, 0.25) is 0 Å². The molecule has 3 heterocycles. The van der Waals surface area contributed by atoms with Crippen molar-refractivity contribution in [3.8, 4) is 11.3 Å². The van der Waals surface area contributed by atoms with E-state index in [-0.39, 0.29) is 0 Å². The van der Waals surface area contributed by atoms with Gasteiger partial charge >= 0.3 is 0 Å². The zero-order chi connectivity index (χ0) is 17.9. The average molecular weight is 345 g/mol. The number of benzene rings is 1. The van der Waals surface area contributed by atoms with Gasteiger partial charge in [-0.3, -0.25) is 9.67 Å². The van der Waals surface area contributed by atoms with Gasteiger partial charge in [0.2, 0.25) is 0 Å². The topological polar surface area (TPSA) is 58.5 Å². The second-order valence-electron chi connectivity index (χ2n) is 6.62. The zero-order valence-corrected chi connectivity index (χ0v) is 15.2. The van der Waals surface area contributed by atoms with Gasteiger partial charge in [-0.1, -0.05) is 18.2 Å². The smallest absolute Gasteiger partial charge is 0.0983 e. The van der Waals surface area contributed by atoms with E-state index in [0.717, 1.165) is 30.8 Å². The van der Waals surface area contributed by atoms with Crippen LogP contribution in [0.1, 0.15) is 16.8 Å². The van der Waals surface area contributed by atoms with E-state index in [0.29, 0.717) is 0 Å². The summed E-state index contributed by atoms with van der Waals surface area (Å²) in [6, 6.07) is 12.5. The number of aryl methyl sites for hydroxylation is 2. The Balaban J connectivity index is 1.43. The van der Waals surface area contributed by atoms with Crippen LogP contribution in [0.25, 0.3) is 22.2 Å². The third-order valence-electron chi connectivity index (χ3n) is 4.73. The second-order valence-corrected chi connectivity index (χ2v) is 6.62. The van der Waals surface area contributed by atoms with Crippen LogP contribution in [-0.2, 0) is 20.0 Å². The number of pyridine rings is 1. The minimum Gasteiger partial charge on any atom is -0.358 e. The number of nitrogens with one attached hydrogen (secondary N) is 2. The summed E-state index contributed by atoms with van der Waals surface area (Å²) >= 11 is 0. The van der Waals surface area contributed by atoms with Crippen LogP contribution >= 0.6 is 0 Å². The maximum atomic E-state index is 4.60. The third-order valence-corrected chi connectivity index (χ3v) is 4.73.